The van der Waals surface area contributed by atoms with Gasteiger partial charge in [-0.25, -0.2) is 9.78 Å². The Morgan fingerprint density at radius 2 is 1.78 bits per heavy atom. The van der Waals surface area contributed by atoms with Gasteiger partial charge in [-0.1, -0.05) is 0 Å². The minimum Gasteiger partial charge on any atom is -0.448 e. The SMILES string of the molecule is Cc1cc(N2CCCC2)nc(N2CCN(C(=O)CN3CCOC3=O)CC2)n1. The molecule has 0 radical (unpaired) electrons. The van der Waals surface area contributed by atoms with E-state index >= 15 is 0 Å². The second kappa shape index (κ2) is 7.58. The number of amides is 2. The number of aryl methyl sites for hydroxylation is 1. The van der Waals surface area contributed by atoms with Crippen LogP contribution in [0.5, 0.6) is 0 Å². The highest BCUT2D eigenvalue weighted by Gasteiger charge is 2.29. The van der Waals surface area contributed by atoms with E-state index in [2.05, 4.69) is 14.8 Å². The molecule has 0 unspecified atom stereocenters. The second-order valence-corrected chi connectivity index (χ2v) is 7.27. The van der Waals surface area contributed by atoms with E-state index in [0.717, 1.165) is 30.5 Å². The number of aromatic nitrogens is 2. The van der Waals surface area contributed by atoms with Gasteiger partial charge in [-0.3, -0.25) is 9.69 Å². The van der Waals surface area contributed by atoms with E-state index in [1.807, 2.05) is 13.0 Å². The molecule has 1 aromatic rings. The first kappa shape index (κ1) is 17.8. The minimum atomic E-state index is -0.399. The summed E-state index contributed by atoms with van der Waals surface area (Å²) >= 11 is 0. The summed E-state index contributed by atoms with van der Waals surface area (Å²) in [5.74, 6) is 1.71. The number of rotatable bonds is 4. The number of nitrogens with zero attached hydrogens (tertiary/aromatic N) is 6. The molecule has 146 valence electrons. The van der Waals surface area contributed by atoms with E-state index in [1.54, 1.807) is 4.90 Å². The standard InChI is InChI=1S/C18H26N6O3/c1-14-12-15(21-4-2-3-5-21)20-17(19-14)23-8-6-22(7-9-23)16(25)13-24-10-11-27-18(24)26/h12H,2-11,13H2,1H3. The molecule has 0 saturated carbocycles. The highest BCUT2D eigenvalue weighted by atomic mass is 16.6. The first-order chi connectivity index (χ1) is 13.1. The van der Waals surface area contributed by atoms with Crippen LogP contribution in [0.1, 0.15) is 18.5 Å². The van der Waals surface area contributed by atoms with Crippen LogP contribution in [0, 0.1) is 6.92 Å². The predicted molar refractivity (Wildman–Crippen MR) is 99.9 cm³/mol. The minimum absolute atomic E-state index is 0.0311. The first-order valence-electron chi connectivity index (χ1n) is 9.65. The molecular weight excluding hydrogens is 348 g/mol. The number of anilines is 2. The van der Waals surface area contributed by atoms with Crippen molar-refractivity contribution < 1.29 is 14.3 Å². The fourth-order valence-electron chi connectivity index (χ4n) is 3.77. The summed E-state index contributed by atoms with van der Waals surface area (Å²) in [6, 6.07) is 2.05. The Morgan fingerprint density at radius 3 is 2.44 bits per heavy atom. The van der Waals surface area contributed by atoms with Crippen molar-refractivity contribution in [2.45, 2.75) is 19.8 Å². The van der Waals surface area contributed by atoms with Gasteiger partial charge in [0, 0.05) is 51.0 Å². The van der Waals surface area contributed by atoms with Gasteiger partial charge >= 0.3 is 6.09 Å². The lowest BCUT2D eigenvalue weighted by molar-refractivity contribution is -0.132. The molecule has 0 aliphatic carbocycles. The average Bonchev–Trinajstić information content (AvgIpc) is 3.34. The smallest absolute Gasteiger partial charge is 0.410 e. The maximum Gasteiger partial charge on any atom is 0.410 e. The van der Waals surface area contributed by atoms with Crippen LogP contribution in [0.3, 0.4) is 0 Å². The van der Waals surface area contributed by atoms with Gasteiger partial charge in [0.05, 0.1) is 6.54 Å². The molecule has 0 atom stereocenters. The van der Waals surface area contributed by atoms with Gasteiger partial charge in [0.25, 0.3) is 0 Å². The molecule has 3 aliphatic rings. The third-order valence-corrected chi connectivity index (χ3v) is 5.35. The molecule has 0 aromatic carbocycles. The van der Waals surface area contributed by atoms with Crippen LogP contribution < -0.4 is 9.80 Å². The van der Waals surface area contributed by atoms with Crippen molar-refractivity contribution in [3.63, 3.8) is 0 Å². The molecule has 1 aromatic heterocycles. The van der Waals surface area contributed by atoms with Crippen LogP contribution in [-0.2, 0) is 9.53 Å². The fourth-order valence-corrected chi connectivity index (χ4v) is 3.77. The monoisotopic (exact) mass is 374 g/mol. The number of hydrogen-bond acceptors (Lipinski definition) is 7. The van der Waals surface area contributed by atoms with E-state index < -0.39 is 6.09 Å². The highest BCUT2D eigenvalue weighted by molar-refractivity contribution is 5.83. The Hall–Kier alpha value is -2.58. The Balaban J connectivity index is 1.36. The predicted octanol–water partition coefficient (Wildman–Crippen LogP) is 0.486. The largest absolute Gasteiger partial charge is 0.448 e. The lowest BCUT2D eigenvalue weighted by atomic mass is 10.3. The molecule has 3 saturated heterocycles. The van der Waals surface area contributed by atoms with Gasteiger partial charge in [-0.15, -0.1) is 0 Å². The summed E-state index contributed by atoms with van der Waals surface area (Å²) in [5.41, 5.74) is 0.966. The van der Waals surface area contributed by atoms with E-state index in [0.29, 0.717) is 39.3 Å². The zero-order valence-electron chi connectivity index (χ0n) is 15.8. The third-order valence-electron chi connectivity index (χ3n) is 5.35. The first-order valence-corrected chi connectivity index (χ1v) is 9.65. The van der Waals surface area contributed by atoms with Crippen molar-refractivity contribution >= 4 is 23.8 Å². The summed E-state index contributed by atoms with van der Waals surface area (Å²) in [5, 5.41) is 0. The molecule has 2 amide bonds. The summed E-state index contributed by atoms with van der Waals surface area (Å²) in [7, 11) is 0. The number of hydrogen-bond donors (Lipinski definition) is 0. The summed E-state index contributed by atoms with van der Waals surface area (Å²) in [6.45, 7) is 7.66. The van der Waals surface area contributed by atoms with Gasteiger partial charge in [-0.2, -0.15) is 4.98 Å². The van der Waals surface area contributed by atoms with E-state index in [4.69, 9.17) is 9.72 Å². The third kappa shape index (κ3) is 3.91. The zero-order valence-corrected chi connectivity index (χ0v) is 15.8. The van der Waals surface area contributed by atoms with Gasteiger partial charge in [0.2, 0.25) is 11.9 Å². The zero-order chi connectivity index (χ0) is 18.8. The van der Waals surface area contributed by atoms with Crippen LogP contribution in [0.25, 0.3) is 0 Å². The summed E-state index contributed by atoms with van der Waals surface area (Å²) in [6.07, 6.45) is 2.03. The molecule has 3 fully saturated rings. The molecule has 3 aliphatic heterocycles. The topological polar surface area (TPSA) is 82.1 Å². The molecular formula is C18H26N6O3. The number of ether oxygens (including phenoxy) is 1. The van der Waals surface area contributed by atoms with Crippen molar-refractivity contribution in [1.29, 1.82) is 0 Å². The maximum absolute atomic E-state index is 12.4. The Morgan fingerprint density at radius 1 is 1.04 bits per heavy atom. The Labute approximate surface area is 158 Å². The number of cyclic esters (lactones) is 1. The molecule has 0 bridgehead atoms. The quantitative estimate of drug-likeness (QED) is 0.758. The van der Waals surface area contributed by atoms with Gasteiger partial charge in [0.1, 0.15) is 19.0 Å². The van der Waals surface area contributed by atoms with Gasteiger partial charge in [0.15, 0.2) is 0 Å². The van der Waals surface area contributed by atoms with Crippen molar-refractivity contribution in [2.24, 2.45) is 0 Å². The van der Waals surface area contributed by atoms with Gasteiger partial charge < -0.3 is 19.4 Å². The number of carbonyl (C=O) groups excluding carboxylic acids is 2. The average molecular weight is 374 g/mol. The number of piperazine rings is 1. The molecule has 9 nitrogen and oxygen atoms in total. The summed E-state index contributed by atoms with van der Waals surface area (Å²) in [4.78, 5) is 41.0. The van der Waals surface area contributed by atoms with Crippen molar-refractivity contribution in [3.8, 4) is 0 Å². The van der Waals surface area contributed by atoms with E-state index in [1.165, 1.54) is 17.7 Å². The molecule has 0 N–H and O–H groups in total. The molecule has 27 heavy (non-hydrogen) atoms. The Kier molecular flexibility index (Phi) is 5.00. The fraction of sp³-hybridized carbons (Fsp3) is 0.667. The lowest BCUT2D eigenvalue weighted by Gasteiger charge is -2.35. The van der Waals surface area contributed by atoms with Crippen molar-refractivity contribution in [3.05, 3.63) is 11.8 Å². The van der Waals surface area contributed by atoms with E-state index in [9.17, 15) is 9.59 Å². The maximum atomic E-state index is 12.4. The normalized spacial score (nSPS) is 20.4. The number of carbonyl (C=O) groups is 2. The van der Waals surface area contributed by atoms with Crippen LogP contribution in [0.2, 0.25) is 0 Å². The lowest BCUT2D eigenvalue weighted by Crippen LogP contribution is -2.51. The van der Waals surface area contributed by atoms with Gasteiger partial charge in [-0.05, 0) is 19.8 Å². The molecule has 4 rings (SSSR count). The van der Waals surface area contributed by atoms with Crippen LogP contribution in [0.4, 0.5) is 16.6 Å². The molecule has 4 heterocycles. The van der Waals surface area contributed by atoms with Crippen LogP contribution in [0.15, 0.2) is 6.07 Å². The van der Waals surface area contributed by atoms with Crippen LogP contribution >= 0.6 is 0 Å². The second-order valence-electron chi connectivity index (χ2n) is 7.27. The highest BCUT2D eigenvalue weighted by Crippen LogP contribution is 2.22. The van der Waals surface area contributed by atoms with Crippen molar-refractivity contribution in [1.82, 2.24) is 19.8 Å². The van der Waals surface area contributed by atoms with Crippen LogP contribution in [-0.4, -0.2) is 90.7 Å². The summed E-state index contributed by atoms with van der Waals surface area (Å²) < 4.78 is 4.88. The van der Waals surface area contributed by atoms with Crippen molar-refractivity contribution in [2.75, 3.05) is 68.8 Å². The Bertz CT molecular complexity index is 713. The molecule has 0 spiro atoms. The molecule has 9 heteroatoms. The van der Waals surface area contributed by atoms with E-state index in [-0.39, 0.29) is 12.5 Å².